The third-order valence-corrected chi connectivity index (χ3v) is 8.99. The molecule has 0 radical (unpaired) electrons. The first-order valence-electron chi connectivity index (χ1n) is 15.9. The Morgan fingerprint density at radius 3 is 2.25 bits per heavy atom. The number of ether oxygens (including phenoxy) is 4. The van der Waals surface area contributed by atoms with Crippen molar-refractivity contribution < 1.29 is 37.3 Å². The van der Waals surface area contributed by atoms with Crippen molar-refractivity contribution in [3.05, 3.63) is 78.5 Å². The van der Waals surface area contributed by atoms with E-state index in [1.807, 2.05) is 13.8 Å². The van der Waals surface area contributed by atoms with E-state index in [2.05, 4.69) is 20.5 Å². The van der Waals surface area contributed by atoms with Crippen molar-refractivity contribution in [3.63, 3.8) is 0 Å². The number of hydrogen-bond acceptors (Lipinski definition) is 8. The van der Waals surface area contributed by atoms with Crippen molar-refractivity contribution in [1.82, 2.24) is 9.88 Å². The van der Waals surface area contributed by atoms with Gasteiger partial charge in [-0.3, -0.25) is 19.5 Å². The molecular weight excluding hydrogens is 622 g/mol. The van der Waals surface area contributed by atoms with Crippen LogP contribution in [-0.2, 0) is 14.3 Å². The molecule has 1 unspecified atom stereocenters. The molecule has 48 heavy (non-hydrogen) atoms. The minimum Gasteiger partial charge on any atom is -0.493 e. The lowest BCUT2D eigenvalue weighted by atomic mass is 9.93. The number of methoxy groups -OCH3 is 1. The summed E-state index contributed by atoms with van der Waals surface area (Å²) >= 11 is 0. The minimum absolute atomic E-state index is 0.0709. The van der Waals surface area contributed by atoms with Crippen molar-refractivity contribution in [2.45, 2.75) is 26.7 Å². The van der Waals surface area contributed by atoms with Gasteiger partial charge in [0.15, 0.2) is 23.1 Å². The molecule has 3 aromatic carbocycles. The van der Waals surface area contributed by atoms with Gasteiger partial charge in [0.1, 0.15) is 17.0 Å². The lowest BCUT2D eigenvalue weighted by molar-refractivity contribution is -0.132. The van der Waals surface area contributed by atoms with Crippen LogP contribution in [0, 0.1) is 22.5 Å². The summed E-state index contributed by atoms with van der Waals surface area (Å²) in [5.41, 5.74) is -0.906. The highest BCUT2D eigenvalue weighted by atomic mass is 19.1. The molecule has 252 valence electrons. The van der Waals surface area contributed by atoms with Crippen molar-refractivity contribution in [2.75, 3.05) is 57.2 Å². The summed E-state index contributed by atoms with van der Waals surface area (Å²) in [7, 11) is 1.55. The molecule has 1 saturated carbocycles. The largest absolute Gasteiger partial charge is 0.493 e. The van der Waals surface area contributed by atoms with E-state index in [-0.39, 0.29) is 11.4 Å². The van der Waals surface area contributed by atoms with E-state index in [9.17, 15) is 14.0 Å². The van der Waals surface area contributed by atoms with Gasteiger partial charge in [0.25, 0.3) is 0 Å². The van der Waals surface area contributed by atoms with Crippen LogP contribution in [0.4, 0.5) is 20.2 Å². The van der Waals surface area contributed by atoms with E-state index in [0.717, 1.165) is 45.3 Å². The number of benzene rings is 3. The summed E-state index contributed by atoms with van der Waals surface area (Å²) < 4.78 is 51.7. The number of halogens is 2. The zero-order valence-corrected chi connectivity index (χ0v) is 27.1. The van der Waals surface area contributed by atoms with Gasteiger partial charge in [-0.1, -0.05) is 13.8 Å². The molecule has 6 rings (SSSR count). The molecule has 0 bridgehead atoms. The molecule has 0 spiro atoms. The Balaban J connectivity index is 1.13. The van der Waals surface area contributed by atoms with Crippen molar-refractivity contribution in [1.29, 1.82) is 0 Å². The average molecular weight is 661 g/mol. The van der Waals surface area contributed by atoms with Crippen LogP contribution in [-0.4, -0.2) is 68.3 Å². The van der Waals surface area contributed by atoms with Crippen LogP contribution in [0.25, 0.3) is 10.9 Å². The second-order valence-electron chi connectivity index (χ2n) is 12.6. The van der Waals surface area contributed by atoms with E-state index in [4.69, 9.17) is 18.9 Å². The number of amides is 2. The normalized spacial score (nSPS) is 18.6. The van der Waals surface area contributed by atoms with Gasteiger partial charge in [0.2, 0.25) is 11.8 Å². The molecule has 4 aromatic rings. The van der Waals surface area contributed by atoms with Crippen molar-refractivity contribution in [2.24, 2.45) is 10.8 Å². The first kappa shape index (κ1) is 33.1. The molecule has 1 aliphatic heterocycles. The van der Waals surface area contributed by atoms with Gasteiger partial charge in [-0.25, -0.2) is 8.78 Å². The van der Waals surface area contributed by atoms with Gasteiger partial charge in [-0.15, -0.1) is 0 Å². The Morgan fingerprint density at radius 2 is 1.58 bits per heavy atom. The molecule has 1 aliphatic carbocycles. The SMILES string of the molecule is COc1cc2c(Oc3ccc(NC(=O)C4(C(=O)Nc5ccc(F)cc5)CC4(C)C)cc3F)ccnc2cc1OCCCN1CCOCC1. The number of rotatable bonds is 12. The Kier molecular flexibility index (Phi) is 9.47. The number of nitrogens with one attached hydrogen (secondary N) is 2. The Hall–Kier alpha value is -4.81. The second kappa shape index (κ2) is 13.7. The number of pyridine rings is 1. The highest BCUT2D eigenvalue weighted by Gasteiger charge is 2.71. The summed E-state index contributed by atoms with van der Waals surface area (Å²) in [6.45, 7) is 8.37. The molecule has 1 atom stereocenters. The molecule has 2 heterocycles. The lowest BCUT2D eigenvalue weighted by Gasteiger charge is -2.26. The first-order chi connectivity index (χ1) is 23.1. The van der Waals surface area contributed by atoms with Gasteiger partial charge in [-0.2, -0.15) is 0 Å². The van der Waals surface area contributed by atoms with Crippen molar-refractivity contribution in [3.8, 4) is 23.0 Å². The number of fused-ring (bicyclic) bond motifs is 1. The molecule has 2 amide bonds. The fraction of sp³-hybridized carbons (Fsp3) is 0.361. The maximum atomic E-state index is 15.4. The van der Waals surface area contributed by atoms with Gasteiger partial charge in [0, 0.05) is 54.7 Å². The van der Waals surface area contributed by atoms with E-state index in [0.29, 0.717) is 46.9 Å². The molecule has 2 N–H and O–H groups in total. The third-order valence-electron chi connectivity index (χ3n) is 8.99. The van der Waals surface area contributed by atoms with Crippen LogP contribution in [0.15, 0.2) is 66.9 Å². The van der Waals surface area contributed by atoms with Crippen LogP contribution in [0.3, 0.4) is 0 Å². The average Bonchev–Trinajstić information content (AvgIpc) is 3.68. The smallest absolute Gasteiger partial charge is 0.240 e. The number of aromatic nitrogens is 1. The molecule has 10 nitrogen and oxygen atoms in total. The monoisotopic (exact) mass is 660 g/mol. The van der Waals surface area contributed by atoms with Gasteiger partial charge in [0.05, 0.1) is 32.4 Å². The third kappa shape index (κ3) is 6.90. The van der Waals surface area contributed by atoms with Crippen LogP contribution in [0.1, 0.15) is 26.7 Å². The van der Waals surface area contributed by atoms with Crippen LogP contribution in [0.5, 0.6) is 23.0 Å². The Bertz CT molecular complexity index is 1810. The molecule has 1 aromatic heterocycles. The van der Waals surface area contributed by atoms with Crippen LogP contribution >= 0.6 is 0 Å². The number of morpholine rings is 1. The minimum atomic E-state index is -1.38. The zero-order valence-electron chi connectivity index (χ0n) is 27.1. The summed E-state index contributed by atoms with van der Waals surface area (Å²) in [4.78, 5) is 33.5. The first-order valence-corrected chi connectivity index (χ1v) is 15.9. The number of carbonyl (C=O) groups excluding carboxylic acids is 2. The quantitative estimate of drug-likeness (QED) is 0.133. The second-order valence-corrected chi connectivity index (χ2v) is 12.6. The zero-order chi connectivity index (χ0) is 33.9. The van der Waals surface area contributed by atoms with Gasteiger partial charge >= 0.3 is 0 Å². The Labute approximate surface area is 277 Å². The fourth-order valence-electron chi connectivity index (χ4n) is 6.07. The summed E-state index contributed by atoms with van der Waals surface area (Å²) in [6.07, 6.45) is 2.70. The van der Waals surface area contributed by atoms with E-state index in [1.54, 1.807) is 31.5 Å². The maximum Gasteiger partial charge on any atom is 0.240 e. The summed E-state index contributed by atoms with van der Waals surface area (Å²) in [5.74, 6) is -0.919. The predicted octanol–water partition coefficient (Wildman–Crippen LogP) is 6.41. The fourth-order valence-corrected chi connectivity index (χ4v) is 6.07. The number of carbonyl (C=O) groups is 2. The van der Waals surface area contributed by atoms with Gasteiger partial charge in [-0.05, 0) is 66.8 Å². The lowest BCUT2D eigenvalue weighted by Crippen LogP contribution is -2.39. The topological polar surface area (TPSA) is 111 Å². The van der Waals surface area contributed by atoms with E-state index >= 15 is 4.39 Å². The maximum absolute atomic E-state index is 15.4. The predicted molar refractivity (Wildman–Crippen MR) is 177 cm³/mol. The standard InChI is InChI=1S/C36H38F2N4O6/c1-35(2)22-36(35,33(43)40-24-7-5-23(37)6-8-24)34(44)41-25-9-10-30(27(38)19-25)48-29-11-12-39-28-21-32(31(45-3)20-26(28)29)47-16-4-13-42-14-17-46-18-15-42/h5-12,19-21H,4,13-18,22H2,1-3H3,(H,40,43)(H,41,44). The van der Waals surface area contributed by atoms with Crippen LogP contribution in [0.2, 0.25) is 0 Å². The molecule has 12 heteroatoms. The highest BCUT2D eigenvalue weighted by Crippen LogP contribution is 2.64. The number of hydrogen-bond donors (Lipinski definition) is 2. The molecule has 2 fully saturated rings. The summed E-state index contributed by atoms with van der Waals surface area (Å²) in [5, 5.41) is 5.99. The molecule has 2 aliphatic rings. The van der Waals surface area contributed by atoms with Crippen LogP contribution < -0.4 is 24.8 Å². The molecule has 1 saturated heterocycles. The van der Waals surface area contributed by atoms with E-state index < -0.39 is 34.3 Å². The Morgan fingerprint density at radius 1 is 0.896 bits per heavy atom. The number of anilines is 2. The van der Waals surface area contributed by atoms with E-state index in [1.165, 1.54) is 36.4 Å². The summed E-state index contributed by atoms with van der Waals surface area (Å²) in [6, 6.07) is 14.5. The van der Waals surface area contributed by atoms with Gasteiger partial charge < -0.3 is 29.6 Å². The highest BCUT2D eigenvalue weighted by molar-refractivity contribution is 6.18. The molecular formula is C36H38F2N4O6. The van der Waals surface area contributed by atoms with Crippen molar-refractivity contribution >= 4 is 34.1 Å². The number of nitrogens with zero attached hydrogens (tertiary/aromatic N) is 2.